The number of nitrogens with zero attached hydrogens (tertiary/aromatic N) is 2. The van der Waals surface area contributed by atoms with Gasteiger partial charge in [0.1, 0.15) is 0 Å². The van der Waals surface area contributed by atoms with Gasteiger partial charge in [0.15, 0.2) is 0 Å². The van der Waals surface area contributed by atoms with E-state index in [-0.39, 0.29) is 0 Å². The molecular weight excluding hydrogens is 352 g/mol. The summed E-state index contributed by atoms with van der Waals surface area (Å²) in [4.78, 5) is 4.56. The minimum atomic E-state index is 1.26. The van der Waals surface area contributed by atoms with Crippen molar-refractivity contribution in [2.45, 2.75) is 136 Å². The highest BCUT2D eigenvalue weighted by atomic mass is 15.0. The Morgan fingerprint density at radius 2 is 0.517 bits per heavy atom. The second-order valence-electron chi connectivity index (χ2n) is 9.62. The second kappa shape index (κ2) is 27.9. The third-order valence-electron chi connectivity index (χ3n) is 5.67. The Morgan fingerprint density at radius 1 is 0.310 bits per heavy atom. The van der Waals surface area contributed by atoms with Crippen LogP contribution in [0.25, 0.3) is 0 Å². The van der Waals surface area contributed by atoms with E-state index in [1.54, 1.807) is 0 Å². The molecule has 2 heteroatoms. The second-order valence-corrected chi connectivity index (χ2v) is 9.62. The van der Waals surface area contributed by atoms with Gasteiger partial charge in [-0.1, -0.05) is 123 Å². The summed E-state index contributed by atoms with van der Waals surface area (Å²) in [5.41, 5.74) is 0. The lowest BCUT2D eigenvalue weighted by atomic mass is 10.1. The van der Waals surface area contributed by atoms with E-state index in [1.807, 2.05) is 0 Å². The summed E-state index contributed by atoms with van der Waals surface area (Å²) in [5.74, 6) is 0. The van der Waals surface area contributed by atoms with Crippen LogP contribution >= 0.6 is 0 Å². The molecule has 178 valence electrons. The number of rotatable bonds is 21. The SMILES string of the molecule is CCCCCCCCCCCCN(C)C.CCCCCCCCCCCN(C)C. The Bertz CT molecular complexity index is 263. The van der Waals surface area contributed by atoms with Crippen molar-refractivity contribution in [2.75, 3.05) is 41.3 Å². The highest BCUT2D eigenvalue weighted by Crippen LogP contribution is 2.11. The van der Waals surface area contributed by atoms with E-state index in [1.165, 1.54) is 135 Å². The fourth-order valence-electron chi connectivity index (χ4n) is 3.65. The molecule has 0 unspecified atom stereocenters. The Balaban J connectivity index is 0. The molecule has 0 spiro atoms. The predicted octanol–water partition coefficient (Wildman–Crippen LogP) is 8.55. The van der Waals surface area contributed by atoms with Gasteiger partial charge >= 0.3 is 0 Å². The Morgan fingerprint density at radius 3 is 0.724 bits per heavy atom. The summed E-state index contributed by atoms with van der Waals surface area (Å²) in [5, 5.41) is 0. The first kappa shape index (κ1) is 31.1. The van der Waals surface area contributed by atoms with E-state index in [4.69, 9.17) is 0 Å². The zero-order valence-corrected chi connectivity index (χ0v) is 21.7. The third-order valence-corrected chi connectivity index (χ3v) is 5.67. The van der Waals surface area contributed by atoms with Crippen LogP contribution < -0.4 is 0 Å². The van der Waals surface area contributed by atoms with Gasteiger partial charge in [-0.15, -0.1) is 0 Å². The third kappa shape index (κ3) is 35.7. The molecule has 0 aliphatic rings. The summed E-state index contributed by atoms with van der Waals surface area (Å²) in [6.07, 6.45) is 27.2. The highest BCUT2D eigenvalue weighted by Gasteiger charge is 1.94. The molecular formula is C27H60N2. The molecule has 0 aliphatic heterocycles. The van der Waals surface area contributed by atoms with Crippen LogP contribution in [0, 0.1) is 0 Å². The van der Waals surface area contributed by atoms with Crippen molar-refractivity contribution in [3.63, 3.8) is 0 Å². The number of unbranched alkanes of at least 4 members (excludes halogenated alkanes) is 17. The lowest BCUT2D eigenvalue weighted by molar-refractivity contribution is 0.389. The van der Waals surface area contributed by atoms with Crippen LogP contribution in [0.1, 0.15) is 136 Å². The summed E-state index contributed by atoms with van der Waals surface area (Å²) in [6.45, 7) is 7.08. The first-order valence-electron chi connectivity index (χ1n) is 13.3. The van der Waals surface area contributed by atoms with Crippen molar-refractivity contribution in [2.24, 2.45) is 0 Å². The molecule has 0 heterocycles. The van der Waals surface area contributed by atoms with Gasteiger partial charge in [-0.25, -0.2) is 0 Å². The maximum atomic E-state index is 2.28. The molecule has 0 radical (unpaired) electrons. The number of hydrogen-bond acceptors (Lipinski definition) is 2. The molecule has 0 rings (SSSR count). The van der Waals surface area contributed by atoms with Gasteiger partial charge in [-0.2, -0.15) is 0 Å². The van der Waals surface area contributed by atoms with Crippen molar-refractivity contribution in [1.29, 1.82) is 0 Å². The zero-order chi connectivity index (χ0) is 22.0. The molecule has 0 aliphatic carbocycles. The van der Waals surface area contributed by atoms with E-state index in [9.17, 15) is 0 Å². The van der Waals surface area contributed by atoms with E-state index in [0.717, 1.165) is 0 Å². The molecule has 0 atom stereocenters. The van der Waals surface area contributed by atoms with Crippen molar-refractivity contribution in [3.8, 4) is 0 Å². The van der Waals surface area contributed by atoms with Crippen molar-refractivity contribution >= 4 is 0 Å². The maximum absolute atomic E-state index is 2.28. The van der Waals surface area contributed by atoms with E-state index in [2.05, 4.69) is 51.8 Å². The molecule has 0 aromatic carbocycles. The molecule has 0 bridgehead atoms. The topological polar surface area (TPSA) is 6.48 Å². The van der Waals surface area contributed by atoms with Crippen LogP contribution in [-0.4, -0.2) is 51.1 Å². The largest absolute Gasteiger partial charge is 0.309 e. The van der Waals surface area contributed by atoms with Crippen LogP contribution in [0.2, 0.25) is 0 Å². The van der Waals surface area contributed by atoms with Gasteiger partial charge in [-0.05, 0) is 54.1 Å². The summed E-state index contributed by atoms with van der Waals surface area (Å²) in [6, 6.07) is 0. The van der Waals surface area contributed by atoms with Crippen LogP contribution in [-0.2, 0) is 0 Å². The van der Waals surface area contributed by atoms with Crippen LogP contribution in [0.5, 0.6) is 0 Å². The molecule has 0 saturated carbocycles. The molecule has 0 amide bonds. The maximum Gasteiger partial charge on any atom is -0.00248 e. The number of hydrogen-bond donors (Lipinski definition) is 0. The van der Waals surface area contributed by atoms with Gasteiger partial charge in [-0.3, -0.25) is 0 Å². The lowest BCUT2D eigenvalue weighted by Crippen LogP contribution is -2.12. The van der Waals surface area contributed by atoms with Crippen molar-refractivity contribution in [3.05, 3.63) is 0 Å². The quantitative estimate of drug-likeness (QED) is 0.174. The summed E-state index contributed by atoms with van der Waals surface area (Å²) < 4.78 is 0. The average molecular weight is 413 g/mol. The van der Waals surface area contributed by atoms with Crippen LogP contribution in [0.3, 0.4) is 0 Å². The van der Waals surface area contributed by atoms with Crippen LogP contribution in [0.4, 0.5) is 0 Å². The van der Waals surface area contributed by atoms with E-state index < -0.39 is 0 Å². The summed E-state index contributed by atoms with van der Waals surface area (Å²) >= 11 is 0. The van der Waals surface area contributed by atoms with Crippen molar-refractivity contribution < 1.29 is 0 Å². The lowest BCUT2D eigenvalue weighted by Gasteiger charge is -2.08. The van der Waals surface area contributed by atoms with Gasteiger partial charge in [0, 0.05) is 0 Å². The fraction of sp³-hybridized carbons (Fsp3) is 1.00. The normalized spacial score (nSPS) is 11.2. The molecule has 29 heavy (non-hydrogen) atoms. The van der Waals surface area contributed by atoms with E-state index in [0.29, 0.717) is 0 Å². The zero-order valence-electron chi connectivity index (χ0n) is 21.7. The highest BCUT2D eigenvalue weighted by molar-refractivity contribution is 4.50. The standard InChI is InChI=1S/C14H31N.C13H29N/c1-4-5-6-7-8-9-10-11-12-13-14-15(2)3;1-4-5-6-7-8-9-10-11-12-13-14(2)3/h4-14H2,1-3H3;4-13H2,1-3H3. The Kier molecular flexibility index (Phi) is 29.9. The van der Waals surface area contributed by atoms with Crippen LogP contribution in [0.15, 0.2) is 0 Å². The first-order chi connectivity index (χ1) is 14.0. The predicted molar refractivity (Wildman–Crippen MR) is 136 cm³/mol. The first-order valence-corrected chi connectivity index (χ1v) is 13.3. The van der Waals surface area contributed by atoms with Gasteiger partial charge in [0.2, 0.25) is 0 Å². The monoisotopic (exact) mass is 412 g/mol. The fourth-order valence-corrected chi connectivity index (χ4v) is 3.65. The van der Waals surface area contributed by atoms with E-state index >= 15 is 0 Å². The summed E-state index contributed by atoms with van der Waals surface area (Å²) in [7, 11) is 8.64. The van der Waals surface area contributed by atoms with Crippen molar-refractivity contribution in [1.82, 2.24) is 9.80 Å². The molecule has 2 nitrogen and oxygen atoms in total. The Labute approximate surface area is 187 Å². The molecule has 0 saturated heterocycles. The minimum absolute atomic E-state index is 1.26. The molecule has 0 aromatic rings. The smallest absolute Gasteiger partial charge is 0.00248 e. The minimum Gasteiger partial charge on any atom is -0.309 e. The van der Waals surface area contributed by atoms with Gasteiger partial charge in [0.25, 0.3) is 0 Å². The van der Waals surface area contributed by atoms with Gasteiger partial charge < -0.3 is 9.80 Å². The molecule has 0 N–H and O–H groups in total. The average Bonchev–Trinajstić information content (AvgIpc) is 2.68. The molecule has 0 fully saturated rings. The van der Waals surface area contributed by atoms with Gasteiger partial charge in [0.05, 0.1) is 0 Å². The molecule has 0 aromatic heterocycles. The Hall–Kier alpha value is -0.0800.